The van der Waals surface area contributed by atoms with E-state index in [0.29, 0.717) is 18.1 Å². The number of nitrogens with zero attached hydrogens (tertiary/aromatic N) is 1. The molecule has 15 heavy (non-hydrogen) atoms. The van der Waals surface area contributed by atoms with Gasteiger partial charge in [0.1, 0.15) is 12.4 Å². The van der Waals surface area contributed by atoms with Crippen molar-refractivity contribution in [3.63, 3.8) is 0 Å². The number of rotatable bonds is 4. The SMILES string of the molecule is CCOC(=O)CNc1nccc(C)c1N. The highest BCUT2D eigenvalue weighted by Crippen LogP contribution is 2.18. The molecule has 0 radical (unpaired) electrons. The van der Waals surface area contributed by atoms with Crippen molar-refractivity contribution >= 4 is 17.5 Å². The average Bonchev–Trinajstić information content (AvgIpc) is 2.21. The summed E-state index contributed by atoms with van der Waals surface area (Å²) < 4.78 is 4.76. The Kier molecular flexibility index (Phi) is 3.91. The predicted molar refractivity (Wildman–Crippen MR) is 58.5 cm³/mol. The summed E-state index contributed by atoms with van der Waals surface area (Å²) in [6, 6.07) is 1.81. The third-order valence-corrected chi connectivity index (χ3v) is 1.91. The van der Waals surface area contributed by atoms with Gasteiger partial charge >= 0.3 is 5.97 Å². The molecule has 0 aromatic carbocycles. The van der Waals surface area contributed by atoms with Crippen LogP contribution in [-0.4, -0.2) is 24.1 Å². The minimum absolute atomic E-state index is 0.0779. The van der Waals surface area contributed by atoms with Gasteiger partial charge in [0.25, 0.3) is 0 Å². The van der Waals surface area contributed by atoms with Crippen LogP contribution >= 0.6 is 0 Å². The number of carbonyl (C=O) groups is 1. The largest absolute Gasteiger partial charge is 0.465 e. The molecule has 0 aliphatic heterocycles. The molecule has 0 saturated carbocycles. The van der Waals surface area contributed by atoms with Crippen LogP contribution in [0.5, 0.6) is 0 Å². The molecule has 3 N–H and O–H groups in total. The summed E-state index contributed by atoms with van der Waals surface area (Å²) >= 11 is 0. The van der Waals surface area contributed by atoms with Gasteiger partial charge in [-0.3, -0.25) is 4.79 Å². The first-order valence-corrected chi connectivity index (χ1v) is 4.75. The molecule has 0 saturated heterocycles. The van der Waals surface area contributed by atoms with Crippen LogP contribution in [0, 0.1) is 6.92 Å². The number of nitrogens with one attached hydrogen (secondary N) is 1. The molecule has 0 aliphatic carbocycles. The van der Waals surface area contributed by atoms with E-state index < -0.39 is 0 Å². The molecule has 0 spiro atoms. The molecule has 0 amide bonds. The Hall–Kier alpha value is -1.78. The second-order valence-corrected chi connectivity index (χ2v) is 3.05. The second-order valence-electron chi connectivity index (χ2n) is 3.05. The Morgan fingerprint density at radius 3 is 3.07 bits per heavy atom. The fourth-order valence-electron chi connectivity index (χ4n) is 1.08. The summed E-state index contributed by atoms with van der Waals surface area (Å²) in [5.41, 5.74) is 7.25. The Balaban J connectivity index is 2.58. The highest BCUT2D eigenvalue weighted by molar-refractivity contribution is 5.76. The number of nitrogen functional groups attached to an aromatic ring is 1. The number of nitrogens with two attached hydrogens (primary N) is 1. The number of aryl methyl sites for hydroxylation is 1. The van der Waals surface area contributed by atoms with E-state index in [4.69, 9.17) is 10.5 Å². The van der Waals surface area contributed by atoms with Crippen LogP contribution in [0.25, 0.3) is 0 Å². The minimum Gasteiger partial charge on any atom is -0.465 e. The maximum atomic E-state index is 11.1. The van der Waals surface area contributed by atoms with Crippen LogP contribution in [0.15, 0.2) is 12.3 Å². The predicted octanol–water partition coefficient (Wildman–Crippen LogP) is 0.947. The van der Waals surface area contributed by atoms with Crippen LogP contribution in [0.2, 0.25) is 0 Å². The third kappa shape index (κ3) is 3.12. The summed E-state index contributed by atoms with van der Waals surface area (Å²) in [6.07, 6.45) is 1.64. The Labute approximate surface area is 88.6 Å². The molecule has 0 atom stereocenters. The number of esters is 1. The number of aromatic nitrogens is 1. The molecule has 1 heterocycles. The summed E-state index contributed by atoms with van der Waals surface area (Å²) in [6.45, 7) is 4.09. The van der Waals surface area contributed by atoms with Crippen LogP contribution in [0.3, 0.4) is 0 Å². The Morgan fingerprint density at radius 2 is 2.40 bits per heavy atom. The van der Waals surface area contributed by atoms with Crippen molar-refractivity contribution < 1.29 is 9.53 Å². The van der Waals surface area contributed by atoms with Gasteiger partial charge in [0, 0.05) is 6.20 Å². The van der Waals surface area contributed by atoms with Gasteiger partial charge in [0.05, 0.1) is 12.3 Å². The van der Waals surface area contributed by atoms with E-state index in [9.17, 15) is 4.79 Å². The maximum Gasteiger partial charge on any atom is 0.325 e. The Morgan fingerprint density at radius 1 is 1.67 bits per heavy atom. The lowest BCUT2D eigenvalue weighted by Gasteiger charge is -2.08. The molecule has 5 nitrogen and oxygen atoms in total. The topological polar surface area (TPSA) is 77.2 Å². The number of ether oxygens (including phenoxy) is 1. The van der Waals surface area contributed by atoms with Gasteiger partial charge in [-0.05, 0) is 25.5 Å². The first-order chi connectivity index (χ1) is 7.15. The minimum atomic E-state index is -0.319. The van der Waals surface area contributed by atoms with Gasteiger partial charge in [-0.1, -0.05) is 0 Å². The first kappa shape index (κ1) is 11.3. The van der Waals surface area contributed by atoms with Crippen molar-refractivity contribution in [3.8, 4) is 0 Å². The maximum absolute atomic E-state index is 11.1. The molecular formula is C10H15N3O2. The second kappa shape index (κ2) is 5.19. The highest BCUT2D eigenvalue weighted by atomic mass is 16.5. The number of carbonyl (C=O) groups excluding carboxylic acids is 1. The molecule has 0 bridgehead atoms. The van der Waals surface area contributed by atoms with Crippen LogP contribution in [0.1, 0.15) is 12.5 Å². The zero-order chi connectivity index (χ0) is 11.3. The first-order valence-electron chi connectivity index (χ1n) is 4.75. The lowest BCUT2D eigenvalue weighted by Crippen LogP contribution is -2.18. The van der Waals surface area contributed by atoms with Crippen molar-refractivity contribution in [2.75, 3.05) is 24.2 Å². The molecule has 1 aromatic heterocycles. The molecule has 0 unspecified atom stereocenters. The van der Waals surface area contributed by atoms with Crippen molar-refractivity contribution in [1.29, 1.82) is 0 Å². The number of hydrogen-bond acceptors (Lipinski definition) is 5. The third-order valence-electron chi connectivity index (χ3n) is 1.91. The standard InChI is InChI=1S/C10H15N3O2/c1-3-15-8(14)6-13-10-9(11)7(2)4-5-12-10/h4-5H,3,6,11H2,1-2H3,(H,12,13). The van der Waals surface area contributed by atoms with E-state index >= 15 is 0 Å². The smallest absolute Gasteiger partial charge is 0.325 e. The Bertz CT molecular complexity index is 353. The van der Waals surface area contributed by atoms with Crippen molar-refractivity contribution in [3.05, 3.63) is 17.8 Å². The van der Waals surface area contributed by atoms with E-state index in [-0.39, 0.29) is 12.5 Å². The fraction of sp³-hybridized carbons (Fsp3) is 0.400. The average molecular weight is 209 g/mol. The monoisotopic (exact) mass is 209 g/mol. The lowest BCUT2D eigenvalue weighted by molar-refractivity contribution is -0.140. The molecular weight excluding hydrogens is 194 g/mol. The van der Waals surface area contributed by atoms with E-state index in [1.54, 1.807) is 13.1 Å². The van der Waals surface area contributed by atoms with Gasteiger partial charge in [0.15, 0.2) is 0 Å². The molecule has 0 aliphatic rings. The van der Waals surface area contributed by atoms with Crippen molar-refractivity contribution in [2.45, 2.75) is 13.8 Å². The number of anilines is 2. The lowest BCUT2D eigenvalue weighted by atomic mass is 10.2. The molecule has 1 rings (SSSR count). The number of hydrogen-bond donors (Lipinski definition) is 2. The van der Waals surface area contributed by atoms with Crippen LogP contribution in [0.4, 0.5) is 11.5 Å². The summed E-state index contributed by atoms with van der Waals surface area (Å²) in [5, 5.41) is 2.83. The van der Waals surface area contributed by atoms with Gasteiger partial charge in [-0.15, -0.1) is 0 Å². The van der Waals surface area contributed by atoms with Crippen molar-refractivity contribution in [2.24, 2.45) is 0 Å². The summed E-state index contributed by atoms with van der Waals surface area (Å²) in [4.78, 5) is 15.1. The zero-order valence-electron chi connectivity index (χ0n) is 8.91. The van der Waals surface area contributed by atoms with Gasteiger partial charge in [-0.2, -0.15) is 0 Å². The summed E-state index contributed by atoms with van der Waals surface area (Å²) in [5.74, 6) is 0.197. The molecule has 82 valence electrons. The van der Waals surface area contributed by atoms with E-state index in [1.807, 2.05) is 13.0 Å². The van der Waals surface area contributed by atoms with Crippen LogP contribution in [-0.2, 0) is 9.53 Å². The normalized spacial score (nSPS) is 9.73. The fourth-order valence-corrected chi connectivity index (χ4v) is 1.08. The van der Waals surface area contributed by atoms with Gasteiger partial charge in [0.2, 0.25) is 0 Å². The molecule has 1 aromatic rings. The van der Waals surface area contributed by atoms with E-state index in [0.717, 1.165) is 5.56 Å². The van der Waals surface area contributed by atoms with E-state index in [1.165, 1.54) is 0 Å². The summed E-state index contributed by atoms with van der Waals surface area (Å²) in [7, 11) is 0. The zero-order valence-corrected chi connectivity index (χ0v) is 8.91. The van der Waals surface area contributed by atoms with Crippen molar-refractivity contribution in [1.82, 2.24) is 4.98 Å². The van der Waals surface area contributed by atoms with Gasteiger partial charge < -0.3 is 15.8 Å². The quantitative estimate of drug-likeness (QED) is 0.722. The molecule has 0 fully saturated rings. The number of pyridine rings is 1. The highest BCUT2D eigenvalue weighted by Gasteiger charge is 2.05. The molecule has 5 heteroatoms. The van der Waals surface area contributed by atoms with Gasteiger partial charge in [-0.25, -0.2) is 4.98 Å². The van der Waals surface area contributed by atoms with Crippen LogP contribution < -0.4 is 11.1 Å². The van der Waals surface area contributed by atoms with E-state index in [2.05, 4.69) is 10.3 Å².